The van der Waals surface area contributed by atoms with Crippen LogP contribution in [0.1, 0.15) is 30.3 Å². The van der Waals surface area contributed by atoms with Crippen molar-refractivity contribution in [2.75, 3.05) is 12.8 Å². The summed E-state index contributed by atoms with van der Waals surface area (Å²) in [6.45, 7) is 2.00. The van der Waals surface area contributed by atoms with Gasteiger partial charge in [-0.3, -0.25) is 4.79 Å². The van der Waals surface area contributed by atoms with Gasteiger partial charge in [0.05, 0.1) is 12.7 Å². The summed E-state index contributed by atoms with van der Waals surface area (Å²) in [5.74, 6) is 1.40. The van der Waals surface area contributed by atoms with Crippen molar-refractivity contribution in [3.63, 3.8) is 0 Å². The lowest BCUT2D eigenvalue weighted by Crippen LogP contribution is -2.20. The number of H-pyrrole nitrogens is 1. The van der Waals surface area contributed by atoms with E-state index >= 15 is 0 Å². The molecule has 20 heavy (non-hydrogen) atoms. The SMILES string of the molecule is CCCc1c(N)nc(Cc2ccc(OC)nc2)[nH]c1=O. The fourth-order valence-corrected chi connectivity index (χ4v) is 1.97. The van der Waals surface area contributed by atoms with Crippen LogP contribution >= 0.6 is 0 Å². The zero-order chi connectivity index (χ0) is 14.5. The number of nitrogens with two attached hydrogens (primary N) is 1. The molecule has 2 heterocycles. The molecule has 0 spiro atoms. The first-order chi connectivity index (χ1) is 9.63. The Kier molecular flexibility index (Phi) is 4.34. The average Bonchev–Trinajstić information content (AvgIpc) is 2.44. The molecule has 3 N–H and O–H groups in total. The topological polar surface area (TPSA) is 93.9 Å². The number of pyridine rings is 1. The third-order valence-corrected chi connectivity index (χ3v) is 2.97. The minimum atomic E-state index is -0.157. The standard InChI is InChI=1S/C14H18N4O2/c1-3-4-10-13(15)17-11(18-14(10)19)7-9-5-6-12(20-2)16-8-9/h5-6,8H,3-4,7H2,1-2H3,(H3,15,17,18,19). The molecular formula is C14H18N4O2. The normalized spacial score (nSPS) is 10.5. The van der Waals surface area contributed by atoms with Crippen LogP contribution in [0.2, 0.25) is 0 Å². The van der Waals surface area contributed by atoms with Crippen molar-refractivity contribution in [2.45, 2.75) is 26.2 Å². The molecule has 6 heteroatoms. The molecule has 0 aliphatic carbocycles. The van der Waals surface area contributed by atoms with Crippen LogP contribution in [0.4, 0.5) is 5.82 Å². The van der Waals surface area contributed by atoms with E-state index in [-0.39, 0.29) is 5.56 Å². The van der Waals surface area contributed by atoms with E-state index in [2.05, 4.69) is 15.0 Å². The molecule has 0 atom stereocenters. The summed E-state index contributed by atoms with van der Waals surface area (Å²) in [4.78, 5) is 23.1. The Balaban J connectivity index is 2.23. The van der Waals surface area contributed by atoms with E-state index in [1.54, 1.807) is 19.4 Å². The Morgan fingerprint density at radius 1 is 1.40 bits per heavy atom. The van der Waals surface area contributed by atoms with Crippen molar-refractivity contribution in [3.8, 4) is 5.88 Å². The second-order valence-electron chi connectivity index (χ2n) is 4.51. The number of aromatic nitrogens is 3. The Labute approximate surface area is 117 Å². The highest BCUT2D eigenvalue weighted by Gasteiger charge is 2.08. The maximum absolute atomic E-state index is 11.9. The molecule has 6 nitrogen and oxygen atoms in total. The van der Waals surface area contributed by atoms with Crippen LogP contribution in [0, 0.1) is 0 Å². The van der Waals surface area contributed by atoms with Crippen LogP contribution in [0.3, 0.4) is 0 Å². The number of aromatic amines is 1. The monoisotopic (exact) mass is 274 g/mol. The van der Waals surface area contributed by atoms with Gasteiger partial charge in [0, 0.05) is 18.7 Å². The molecule has 0 amide bonds. The molecule has 2 rings (SSSR count). The largest absolute Gasteiger partial charge is 0.481 e. The van der Waals surface area contributed by atoms with Crippen molar-refractivity contribution in [2.24, 2.45) is 0 Å². The zero-order valence-corrected chi connectivity index (χ0v) is 11.6. The highest BCUT2D eigenvalue weighted by Crippen LogP contribution is 2.11. The quantitative estimate of drug-likeness (QED) is 0.857. The van der Waals surface area contributed by atoms with Crippen LogP contribution in [0.5, 0.6) is 5.88 Å². The Hall–Kier alpha value is -2.37. The number of nitrogens with zero attached hydrogens (tertiary/aromatic N) is 2. The molecule has 0 unspecified atom stereocenters. The number of ether oxygens (including phenoxy) is 1. The van der Waals surface area contributed by atoms with Gasteiger partial charge < -0.3 is 15.5 Å². The van der Waals surface area contributed by atoms with Gasteiger partial charge in [-0.15, -0.1) is 0 Å². The predicted molar refractivity (Wildman–Crippen MR) is 76.9 cm³/mol. The van der Waals surface area contributed by atoms with Crippen molar-refractivity contribution in [1.29, 1.82) is 0 Å². The van der Waals surface area contributed by atoms with E-state index in [1.165, 1.54) is 0 Å². The van der Waals surface area contributed by atoms with E-state index in [1.807, 2.05) is 13.0 Å². The van der Waals surface area contributed by atoms with Crippen LogP contribution < -0.4 is 16.0 Å². The molecular weight excluding hydrogens is 256 g/mol. The summed E-state index contributed by atoms with van der Waals surface area (Å²) in [5.41, 5.74) is 7.17. The smallest absolute Gasteiger partial charge is 0.256 e. The van der Waals surface area contributed by atoms with E-state index < -0.39 is 0 Å². The number of hydrogen-bond acceptors (Lipinski definition) is 5. The number of methoxy groups -OCH3 is 1. The fraction of sp³-hybridized carbons (Fsp3) is 0.357. The first-order valence-electron chi connectivity index (χ1n) is 6.50. The summed E-state index contributed by atoms with van der Waals surface area (Å²) in [7, 11) is 1.56. The predicted octanol–water partition coefficient (Wildman–Crippen LogP) is 1.30. The van der Waals surface area contributed by atoms with Gasteiger partial charge in [-0.2, -0.15) is 0 Å². The molecule has 0 bridgehead atoms. The number of anilines is 1. The Morgan fingerprint density at radius 3 is 2.75 bits per heavy atom. The number of nitrogen functional groups attached to an aromatic ring is 1. The highest BCUT2D eigenvalue weighted by molar-refractivity contribution is 5.38. The van der Waals surface area contributed by atoms with E-state index in [0.29, 0.717) is 35.9 Å². The summed E-state index contributed by atoms with van der Waals surface area (Å²) < 4.78 is 5.00. The van der Waals surface area contributed by atoms with Gasteiger partial charge >= 0.3 is 0 Å². The van der Waals surface area contributed by atoms with E-state index in [9.17, 15) is 4.79 Å². The van der Waals surface area contributed by atoms with Crippen molar-refractivity contribution in [3.05, 3.63) is 45.6 Å². The van der Waals surface area contributed by atoms with Crippen molar-refractivity contribution < 1.29 is 4.74 Å². The lowest BCUT2D eigenvalue weighted by molar-refractivity contribution is 0.397. The van der Waals surface area contributed by atoms with Crippen LogP contribution in [-0.2, 0) is 12.8 Å². The second-order valence-corrected chi connectivity index (χ2v) is 4.51. The summed E-state index contributed by atoms with van der Waals surface area (Å²) in [6, 6.07) is 3.64. The Morgan fingerprint density at radius 2 is 2.20 bits per heavy atom. The number of nitrogens with one attached hydrogen (secondary N) is 1. The number of rotatable bonds is 5. The lowest BCUT2D eigenvalue weighted by Gasteiger charge is -2.06. The molecule has 0 saturated carbocycles. The van der Waals surface area contributed by atoms with Crippen LogP contribution in [0.25, 0.3) is 0 Å². The van der Waals surface area contributed by atoms with Gasteiger partial charge in [0.1, 0.15) is 11.6 Å². The molecule has 106 valence electrons. The van der Waals surface area contributed by atoms with Crippen molar-refractivity contribution >= 4 is 5.82 Å². The summed E-state index contributed by atoms with van der Waals surface area (Å²) in [6.07, 6.45) is 3.66. The van der Waals surface area contributed by atoms with Gasteiger partial charge in [-0.05, 0) is 12.0 Å². The minimum Gasteiger partial charge on any atom is -0.481 e. The van der Waals surface area contributed by atoms with Crippen LogP contribution in [0.15, 0.2) is 23.1 Å². The first kappa shape index (κ1) is 14.0. The molecule has 0 radical (unpaired) electrons. The van der Waals surface area contributed by atoms with Gasteiger partial charge in [0.25, 0.3) is 5.56 Å². The molecule has 0 aromatic carbocycles. The van der Waals surface area contributed by atoms with Gasteiger partial charge in [-0.1, -0.05) is 19.4 Å². The molecule has 0 aliphatic heterocycles. The van der Waals surface area contributed by atoms with E-state index in [0.717, 1.165) is 12.0 Å². The van der Waals surface area contributed by atoms with Gasteiger partial charge in [-0.25, -0.2) is 9.97 Å². The second kappa shape index (κ2) is 6.18. The van der Waals surface area contributed by atoms with E-state index in [4.69, 9.17) is 10.5 Å². The number of hydrogen-bond donors (Lipinski definition) is 2. The van der Waals surface area contributed by atoms with Gasteiger partial charge in [0.15, 0.2) is 0 Å². The third-order valence-electron chi connectivity index (χ3n) is 2.97. The highest BCUT2D eigenvalue weighted by atomic mass is 16.5. The first-order valence-corrected chi connectivity index (χ1v) is 6.50. The fourth-order valence-electron chi connectivity index (χ4n) is 1.97. The minimum absolute atomic E-state index is 0.157. The third kappa shape index (κ3) is 3.14. The maximum Gasteiger partial charge on any atom is 0.256 e. The zero-order valence-electron chi connectivity index (χ0n) is 11.6. The Bertz CT molecular complexity index is 635. The summed E-state index contributed by atoms with van der Waals surface area (Å²) in [5, 5.41) is 0. The molecule has 0 saturated heterocycles. The summed E-state index contributed by atoms with van der Waals surface area (Å²) >= 11 is 0. The average molecular weight is 274 g/mol. The molecule has 2 aromatic rings. The molecule has 2 aromatic heterocycles. The maximum atomic E-state index is 11.9. The van der Waals surface area contributed by atoms with Gasteiger partial charge in [0.2, 0.25) is 5.88 Å². The molecule has 0 fully saturated rings. The van der Waals surface area contributed by atoms with Crippen molar-refractivity contribution in [1.82, 2.24) is 15.0 Å². The lowest BCUT2D eigenvalue weighted by atomic mass is 10.1. The molecule has 0 aliphatic rings. The van der Waals surface area contributed by atoms with Crippen LogP contribution in [-0.4, -0.2) is 22.1 Å².